The molecule has 0 aliphatic rings. The first-order chi connectivity index (χ1) is 14.6. The highest BCUT2D eigenvalue weighted by molar-refractivity contribution is 6.42. The third-order valence-corrected chi connectivity index (χ3v) is 5.30. The van der Waals surface area contributed by atoms with Crippen molar-refractivity contribution in [1.29, 1.82) is 0 Å². The molecule has 0 bridgehead atoms. The largest absolute Gasteiger partial charge is 0.291 e. The molecular formula is C17H13Cl3F4N6O. The summed E-state index contributed by atoms with van der Waals surface area (Å²) in [6.45, 7) is 1.46. The van der Waals surface area contributed by atoms with Gasteiger partial charge in [0.2, 0.25) is 5.95 Å². The van der Waals surface area contributed by atoms with E-state index in [1.807, 2.05) is 0 Å². The van der Waals surface area contributed by atoms with E-state index in [9.17, 15) is 22.4 Å². The van der Waals surface area contributed by atoms with Gasteiger partial charge in [0.25, 0.3) is 18.8 Å². The van der Waals surface area contributed by atoms with Crippen molar-refractivity contribution < 1.29 is 22.4 Å². The smallest absolute Gasteiger partial charge is 0.283 e. The van der Waals surface area contributed by atoms with E-state index in [1.54, 1.807) is 18.2 Å². The van der Waals surface area contributed by atoms with Crippen molar-refractivity contribution in [2.24, 2.45) is 0 Å². The van der Waals surface area contributed by atoms with Crippen LogP contribution in [0.25, 0.3) is 0 Å². The number of anilines is 1. The third-order valence-electron chi connectivity index (χ3n) is 4.17. The molecule has 31 heavy (non-hydrogen) atoms. The Morgan fingerprint density at radius 3 is 2.42 bits per heavy atom. The molecule has 1 unspecified atom stereocenters. The Balaban J connectivity index is 1.75. The molecule has 0 saturated heterocycles. The summed E-state index contributed by atoms with van der Waals surface area (Å²) in [6.07, 6.45) is -5.07. The Bertz CT molecular complexity index is 1100. The summed E-state index contributed by atoms with van der Waals surface area (Å²) < 4.78 is 54.4. The molecule has 1 N–H and O–H groups in total. The fourth-order valence-electron chi connectivity index (χ4n) is 2.65. The van der Waals surface area contributed by atoms with E-state index < -0.39 is 41.2 Å². The molecule has 0 saturated carbocycles. The Labute approximate surface area is 187 Å². The SMILES string of the molecule is CC(C(=O)Nc1ncn(Cc2ccc(Cl)c(Cl)c2)n1)n1nc(C(F)F)c(Cl)c1C(F)F. The molecule has 3 aromatic rings. The number of nitrogens with zero attached hydrogens (tertiary/aromatic N) is 5. The number of carbonyl (C=O) groups is 1. The van der Waals surface area contributed by atoms with Gasteiger partial charge in [-0.05, 0) is 24.6 Å². The molecule has 2 heterocycles. The van der Waals surface area contributed by atoms with E-state index >= 15 is 0 Å². The van der Waals surface area contributed by atoms with Gasteiger partial charge >= 0.3 is 0 Å². The average Bonchev–Trinajstić information content (AvgIpc) is 3.27. The third kappa shape index (κ3) is 5.10. The topological polar surface area (TPSA) is 77.6 Å². The minimum absolute atomic E-state index is 0.122. The molecule has 0 aliphatic carbocycles. The maximum atomic E-state index is 13.3. The molecule has 7 nitrogen and oxygen atoms in total. The minimum atomic E-state index is -3.22. The number of hydrogen-bond donors (Lipinski definition) is 1. The van der Waals surface area contributed by atoms with Gasteiger partial charge in [-0.3, -0.25) is 10.1 Å². The second kappa shape index (κ2) is 9.41. The Kier molecular flexibility index (Phi) is 7.07. The number of amides is 1. The molecule has 1 aromatic carbocycles. The normalized spacial score (nSPS) is 12.6. The number of hydrogen-bond acceptors (Lipinski definition) is 4. The monoisotopic (exact) mass is 498 g/mol. The molecule has 0 fully saturated rings. The average molecular weight is 500 g/mol. The molecule has 3 rings (SSSR count). The number of nitrogens with one attached hydrogen (secondary N) is 1. The molecule has 0 spiro atoms. The fourth-order valence-corrected chi connectivity index (χ4v) is 3.26. The zero-order valence-corrected chi connectivity index (χ0v) is 17.8. The second-order valence-electron chi connectivity index (χ2n) is 6.31. The number of halogens is 7. The van der Waals surface area contributed by atoms with Crippen LogP contribution in [0.3, 0.4) is 0 Å². The minimum Gasteiger partial charge on any atom is -0.291 e. The van der Waals surface area contributed by atoms with Gasteiger partial charge in [-0.2, -0.15) is 5.10 Å². The zero-order valence-electron chi connectivity index (χ0n) is 15.5. The van der Waals surface area contributed by atoms with E-state index in [1.165, 1.54) is 17.9 Å². The maximum Gasteiger partial charge on any atom is 0.283 e. The van der Waals surface area contributed by atoms with Crippen LogP contribution in [0.15, 0.2) is 24.5 Å². The predicted octanol–water partition coefficient (Wildman–Crippen LogP) is 5.56. The summed E-state index contributed by atoms with van der Waals surface area (Å²) in [6, 6.07) is 3.59. The molecule has 166 valence electrons. The van der Waals surface area contributed by atoms with Crippen LogP contribution >= 0.6 is 34.8 Å². The zero-order chi connectivity index (χ0) is 22.9. The van der Waals surface area contributed by atoms with Crippen molar-refractivity contribution in [2.45, 2.75) is 32.4 Å². The first-order valence-corrected chi connectivity index (χ1v) is 9.70. The lowest BCUT2D eigenvalue weighted by Gasteiger charge is -2.14. The van der Waals surface area contributed by atoms with Crippen molar-refractivity contribution >= 4 is 46.7 Å². The molecule has 1 atom stereocenters. The Hall–Kier alpha value is -2.37. The molecule has 2 aromatic heterocycles. The Morgan fingerprint density at radius 1 is 1.10 bits per heavy atom. The van der Waals surface area contributed by atoms with Crippen LogP contribution in [-0.4, -0.2) is 30.5 Å². The van der Waals surface area contributed by atoms with Gasteiger partial charge in [-0.1, -0.05) is 40.9 Å². The van der Waals surface area contributed by atoms with Crippen LogP contribution in [-0.2, 0) is 11.3 Å². The van der Waals surface area contributed by atoms with E-state index in [2.05, 4.69) is 20.5 Å². The summed E-state index contributed by atoms with van der Waals surface area (Å²) in [7, 11) is 0. The van der Waals surface area contributed by atoms with Crippen LogP contribution in [0.5, 0.6) is 0 Å². The van der Waals surface area contributed by atoms with Gasteiger partial charge in [0, 0.05) is 0 Å². The highest BCUT2D eigenvalue weighted by Crippen LogP contribution is 2.36. The van der Waals surface area contributed by atoms with Crippen molar-refractivity contribution in [1.82, 2.24) is 24.5 Å². The number of benzene rings is 1. The van der Waals surface area contributed by atoms with Crippen LogP contribution in [0, 0.1) is 0 Å². The van der Waals surface area contributed by atoms with Crippen LogP contribution < -0.4 is 5.32 Å². The van der Waals surface area contributed by atoms with Crippen molar-refractivity contribution in [3.63, 3.8) is 0 Å². The number of carbonyl (C=O) groups excluding carboxylic acids is 1. The van der Waals surface area contributed by atoms with E-state index in [-0.39, 0.29) is 12.5 Å². The van der Waals surface area contributed by atoms with Crippen molar-refractivity contribution in [2.75, 3.05) is 5.32 Å². The first kappa shape index (κ1) is 23.3. The molecule has 14 heteroatoms. The summed E-state index contributed by atoms with van der Waals surface area (Å²) in [5.74, 6) is -0.975. The standard InChI is InChI=1S/C17H13Cl3F4N6O/c1-7(30-13(15(23)24)11(20)12(27-30)14(21)22)16(31)26-17-25-6-29(28-17)5-8-2-3-9(18)10(19)4-8/h2-4,6-7,14-15H,5H2,1H3,(H,26,28,31). The van der Waals surface area contributed by atoms with Crippen molar-refractivity contribution in [3.8, 4) is 0 Å². The lowest BCUT2D eigenvalue weighted by Crippen LogP contribution is -2.26. The summed E-state index contributed by atoms with van der Waals surface area (Å²) in [4.78, 5) is 16.4. The molecule has 0 aliphatic heterocycles. The highest BCUT2D eigenvalue weighted by Gasteiger charge is 2.32. The van der Waals surface area contributed by atoms with Gasteiger partial charge < -0.3 is 0 Å². The van der Waals surface area contributed by atoms with Gasteiger partial charge in [-0.15, -0.1) is 5.10 Å². The quantitative estimate of drug-likeness (QED) is 0.432. The van der Waals surface area contributed by atoms with Gasteiger partial charge in [-0.25, -0.2) is 31.9 Å². The molecule has 1 amide bonds. The number of aromatic nitrogens is 5. The van der Waals surface area contributed by atoms with Crippen LogP contribution in [0.4, 0.5) is 23.5 Å². The van der Waals surface area contributed by atoms with Gasteiger partial charge in [0.15, 0.2) is 0 Å². The van der Waals surface area contributed by atoms with E-state index in [4.69, 9.17) is 34.8 Å². The van der Waals surface area contributed by atoms with Crippen LogP contribution in [0.2, 0.25) is 15.1 Å². The van der Waals surface area contributed by atoms with Gasteiger partial charge in [0.1, 0.15) is 23.8 Å². The highest BCUT2D eigenvalue weighted by atomic mass is 35.5. The maximum absolute atomic E-state index is 13.3. The lowest BCUT2D eigenvalue weighted by molar-refractivity contribution is -0.119. The number of rotatable bonds is 7. The predicted molar refractivity (Wildman–Crippen MR) is 106 cm³/mol. The van der Waals surface area contributed by atoms with Crippen molar-refractivity contribution in [3.05, 3.63) is 56.5 Å². The first-order valence-electron chi connectivity index (χ1n) is 8.56. The Morgan fingerprint density at radius 2 is 1.81 bits per heavy atom. The lowest BCUT2D eigenvalue weighted by atomic mass is 10.2. The van der Waals surface area contributed by atoms with Gasteiger partial charge in [0.05, 0.1) is 21.6 Å². The molecule has 0 radical (unpaired) electrons. The summed E-state index contributed by atoms with van der Waals surface area (Å²) >= 11 is 17.4. The van der Waals surface area contributed by atoms with E-state index in [0.29, 0.717) is 14.7 Å². The molecular weight excluding hydrogens is 487 g/mol. The van der Waals surface area contributed by atoms with Crippen LogP contribution in [0.1, 0.15) is 42.8 Å². The number of alkyl halides is 4. The van der Waals surface area contributed by atoms with E-state index in [0.717, 1.165) is 5.56 Å². The second-order valence-corrected chi connectivity index (χ2v) is 7.50. The summed E-state index contributed by atoms with van der Waals surface area (Å²) in [5.41, 5.74) is -1.24. The fraction of sp³-hybridized carbons (Fsp3) is 0.294. The summed E-state index contributed by atoms with van der Waals surface area (Å²) in [5, 5.41) is 9.64.